The van der Waals surface area contributed by atoms with Gasteiger partial charge in [0.2, 0.25) is 0 Å². The van der Waals surface area contributed by atoms with E-state index in [4.69, 9.17) is 9.47 Å². The molecule has 0 aliphatic heterocycles. The topological polar surface area (TPSA) is 30.5 Å². The Balaban J connectivity index is 1.89. The van der Waals surface area contributed by atoms with E-state index in [0.29, 0.717) is 25.4 Å². The fourth-order valence-corrected chi connectivity index (χ4v) is 2.38. The van der Waals surface area contributed by atoms with Crippen molar-refractivity contribution in [3.05, 3.63) is 0 Å². The zero-order valence-corrected chi connectivity index (χ0v) is 11.7. The van der Waals surface area contributed by atoms with Gasteiger partial charge in [-0.3, -0.25) is 0 Å². The Morgan fingerprint density at radius 1 is 1.12 bits per heavy atom. The van der Waals surface area contributed by atoms with E-state index in [-0.39, 0.29) is 0 Å². The first-order chi connectivity index (χ1) is 8.20. The van der Waals surface area contributed by atoms with Gasteiger partial charge < -0.3 is 14.8 Å². The minimum atomic E-state index is 0.305. The first-order valence-electron chi connectivity index (χ1n) is 7.13. The van der Waals surface area contributed by atoms with Gasteiger partial charge in [0.1, 0.15) is 0 Å². The van der Waals surface area contributed by atoms with Crippen LogP contribution in [0.4, 0.5) is 0 Å². The lowest BCUT2D eigenvalue weighted by molar-refractivity contribution is 0.0195. The Labute approximate surface area is 106 Å². The van der Waals surface area contributed by atoms with Crippen molar-refractivity contribution in [2.75, 3.05) is 26.4 Å². The first-order valence-corrected chi connectivity index (χ1v) is 7.13. The summed E-state index contributed by atoms with van der Waals surface area (Å²) in [7, 11) is 0. The molecule has 0 saturated heterocycles. The Hall–Kier alpha value is -0.120. The number of nitrogens with one attached hydrogen (secondary N) is 1. The summed E-state index contributed by atoms with van der Waals surface area (Å²) < 4.78 is 10.9. The van der Waals surface area contributed by atoms with Crippen LogP contribution in [0, 0.1) is 5.92 Å². The molecule has 102 valence electrons. The van der Waals surface area contributed by atoms with E-state index in [1.165, 1.54) is 25.7 Å². The maximum Gasteiger partial charge on any atom is 0.0703 e. The maximum atomic E-state index is 5.52. The van der Waals surface area contributed by atoms with Gasteiger partial charge in [0.15, 0.2) is 0 Å². The average molecular weight is 243 g/mol. The highest BCUT2D eigenvalue weighted by Crippen LogP contribution is 2.23. The maximum absolute atomic E-state index is 5.52. The van der Waals surface area contributed by atoms with Crippen LogP contribution in [0.1, 0.15) is 46.5 Å². The minimum Gasteiger partial charge on any atom is -0.378 e. The van der Waals surface area contributed by atoms with Crippen molar-refractivity contribution in [1.29, 1.82) is 0 Å². The van der Waals surface area contributed by atoms with E-state index >= 15 is 0 Å². The van der Waals surface area contributed by atoms with Crippen LogP contribution in [-0.4, -0.2) is 38.5 Å². The zero-order valence-electron chi connectivity index (χ0n) is 11.7. The van der Waals surface area contributed by atoms with E-state index in [9.17, 15) is 0 Å². The van der Waals surface area contributed by atoms with Crippen LogP contribution in [0.3, 0.4) is 0 Å². The summed E-state index contributed by atoms with van der Waals surface area (Å²) in [6.45, 7) is 9.63. The Morgan fingerprint density at radius 2 is 1.88 bits per heavy atom. The summed E-state index contributed by atoms with van der Waals surface area (Å²) in [5.41, 5.74) is 0. The predicted molar refractivity (Wildman–Crippen MR) is 71.3 cm³/mol. The van der Waals surface area contributed by atoms with Crippen LogP contribution < -0.4 is 5.32 Å². The third-order valence-electron chi connectivity index (χ3n) is 3.44. The van der Waals surface area contributed by atoms with Crippen LogP contribution in [0.2, 0.25) is 0 Å². The molecule has 0 heterocycles. The van der Waals surface area contributed by atoms with Crippen molar-refractivity contribution in [3.63, 3.8) is 0 Å². The number of hydrogen-bond donors (Lipinski definition) is 1. The molecular formula is C14H29NO2. The quantitative estimate of drug-likeness (QED) is 0.665. The van der Waals surface area contributed by atoms with Crippen molar-refractivity contribution in [1.82, 2.24) is 5.32 Å². The van der Waals surface area contributed by atoms with Crippen LogP contribution in [0.15, 0.2) is 0 Å². The molecule has 0 aromatic heterocycles. The summed E-state index contributed by atoms with van der Waals surface area (Å²) >= 11 is 0. The second-order valence-electron chi connectivity index (χ2n) is 5.35. The highest BCUT2D eigenvalue weighted by atomic mass is 16.5. The Bertz CT molecular complexity index is 185. The fraction of sp³-hybridized carbons (Fsp3) is 1.00. The van der Waals surface area contributed by atoms with Crippen molar-refractivity contribution >= 4 is 0 Å². The van der Waals surface area contributed by atoms with E-state index in [1.807, 2.05) is 13.8 Å². The van der Waals surface area contributed by atoms with E-state index < -0.39 is 0 Å². The zero-order chi connectivity index (χ0) is 12.5. The molecule has 17 heavy (non-hydrogen) atoms. The largest absolute Gasteiger partial charge is 0.378 e. The Morgan fingerprint density at radius 3 is 2.59 bits per heavy atom. The molecule has 0 spiro atoms. The molecule has 0 radical (unpaired) electrons. The van der Waals surface area contributed by atoms with Gasteiger partial charge in [0.05, 0.1) is 25.9 Å². The molecule has 0 aromatic rings. The molecular weight excluding hydrogens is 214 g/mol. The van der Waals surface area contributed by atoms with Gasteiger partial charge >= 0.3 is 0 Å². The van der Waals surface area contributed by atoms with Crippen molar-refractivity contribution in [2.24, 2.45) is 5.92 Å². The first kappa shape index (κ1) is 14.9. The van der Waals surface area contributed by atoms with E-state index in [1.54, 1.807) is 0 Å². The van der Waals surface area contributed by atoms with Gasteiger partial charge in [0.25, 0.3) is 0 Å². The number of ether oxygens (including phenoxy) is 2. The molecule has 3 heteroatoms. The molecule has 0 bridgehead atoms. The highest BCUT2D eigenvalue weighted by Gasteiger charge is 2.19. The molecule has 3 nitrogen and oxygen atoms in total. The summed E-state index contributed by atoms with van der Waals surface area (Å²) in [6.07, 6.45) is 5.80. The summed E-state index contributed by atoms with van der Waals surface area (Å²) in [5, 5.41) is 3.61. The molecule has 1 saturated carbocycles. The minimum absolute atomic E-state index is 0.305. The molecule has 0 aromatic carbocycles. The Kier molecular flexibility index (Phi) is 7.82. The van der Waals surface area contributed by atoms with Gasteiger partial charge in [-0.2, -0.15) is 0 Å². The fourth-order valence-electron chi connectivity index (χ4n) is 2.38. The van der Waals surface area contributed by atoms with Gasteiger partial charge in [0, 0.05) is 12.6 Å². The lowest BCUT2D eigenvalue weighted by atomic mass is 9.86. The molecule has 1 N–H and O–H groups in total. The molecule has 1 aliphatic rings. The number of hydrogen-bond acceptors (Lipinski definition) is 3. The lowest BCUT2D eigenvalue weighted by Crippen LogP contribution is -2.39. The molecule has 1 aliphatic carbocycles. The van der Waals surface area contributed by atoms with Gasteiger partial charge in [-0.15, -0.1) is 0 Å². The molecule has 1 fully saturated rings. The van der Waals surface area contributed by atoms with Gasteiger partial charge in [-0.1, -0.05) is 19.8 Å². The van der Waals surface area contributed by atoms with Crippen molar-refractivity contribution in [2.45, 2.75) is 58.6 Å². The number of rotatable bonds is 8. The van der Waals surface area contributed by atoms with Gasteiger partial charge in [-0.25, -0.2) is 0 Å². The average Bonchev–Trinajstić information content (AvgIpc) is 2.30. The SMILES string of the molecule is CC(C)OCCOCCNC1CCCCC1C. The molecule has 0 amide bonds. The molecule has 2 atom stereocenters. The van der Waals surface area contributed by atoms with Crippen LogP contribution in [0.5, 0.6) is 0 Å². The summed E-state index contributed by atoms with van der Waals surface area (Å²) in [5.74, 6) is 0.827. The second-order valence-corrected chi connectivity index (χ2v) is 5.35. The van der Waals surface area contributed by atoms with E-state index in [0.717, 1.165) is 19.1 Å². The highest BCUT2D eigenvalue weighted by molar-refractivity contribution is 4.77. The lowest BCUT2D eigenvalue weighted by Gasteiger charge is -2.29. The normalized spacial score (nSPS) is 25.4. The summed E-state index contributed by atoms with van der Waals surface area (Å²) in [4.78, 5) is 0. The van der Waals surface area contributed by atoms with E-state index in [2.05, 4.69) is 12.2 Å². The van der Waals surface area contributed by atoms with Crippen LogP contribution in [-0.2, 0) is 9.47 Å². The summed E-state index contributed by atoms with van der Waals surface area (Å²) in [6, 6.07) is 0.708. The molecule has 2 unspecified atom stereocenters. The van der Waals surface area contributed by atoms with Gasteiger partial charge in [-0.05, 0) is 32.6 Å². The smallest absolute Gasteiger partial charge is 0.0703 e. The third kappa shape index (κ3) is 7.02. The monoisotopic (exact) mass is 243 g/mol. The van der Waals surface area contributed by atoms with Crippen molar-refractivity contribution < 1.29 is 9.47 Å². The predicted octanol–water partition coefficient (Wildman–Crippen LogP) is 2.60. The standard InChI is InChI=1S/C14H29NO2/c1-12(2)17-11-10-16-9-8-15-14-7-5-4-6-13(14)3/h12-15H,4-11H2,1-3H3. The van der Waals surface area contributed by atoms with Crippen molar-refractivity contribution in [3.8, 4) is 0 Å². The molecule has 1 rings (SSSR count). The van der Waals surface area contributed by atoms with Crippen LogP contribution >= 0.6 is 0 Å². The third-order valence-corrected chi connectivity index (χ3v) is 3.44. The second kappa shape index (κ2) is 8.90. The van der Waals surface area contributed by atoms with Crippen LogP contribution in [0.25, 0.3) is 0 Å².